The molecule has 0 aromatic heterocycles. The average Bonchev–Trinajstić information content (AvgIpc) is 3.23. The summed E-state index contributed by atoms with van der Waals surface area (Å²) in [6.07, 6.45) is 0.115. The molecule has 1 N–H and O–H groups in total. The molecule has 0 aliphatic carbocycles. The van der Waals surface area contributed by atoms with Crippen molar-refractivity contribution in [3.05, 3.63) is 41.5 Å². The minimum absolute atomic E-state index is 0.0986. The fraction of sp³-hybridized carbons (Fsp3) is 0.364. The van der Waals surface area contributed by atoms with E-state index in [4.69, 9.17) is 23.7 Å². The Morgan fingerprint density at radius 3 is 2.20 bits per heavy atom. The monoisotopic (exact) mass is 416 g/mol. The van der Waals surface area contributed by atoms with E-state index in [-0.39, 0.29) is 19.0 Å². The molecular weight excluding hydrogens is 392 g/mol. The van der Waals surface area contributed by atoms with Gasteiger partial charge in [-0.05, 0) is 42.3 Å². The highest BCUT2D eigenvalue weighted by Gasteiger charge is 2.32. The van der Waals surface area contributed by atoms with Crippen LogP contribution in [0.3, 0.4) is 0 Å². The maximum absolute atomic E-state index is 13.0. The van der Waals surface area contributed by atoms with Crippen molar-refractivity contribution in [2.75, 3.05) is 28.1 Å². The highest BCUT2D eigenvalue weighted by atomic mass is 16.7. The van der Waals surface area contributed by atoms with Gasteiger partial charge in [0.1, 0.15) is 0 Å². The molecule has 0 amide bonds. The summed E-state index contributed by atoms with van der Waals surface area (Å²) in [4.78, 5) is 25.0. The van der Waals surface area contributed by atoms with Crippen LogP contribution in [-0.2, 0) is 11.2 Å². The minimum atomic E-state index is -1.06. The predicted molar refractivity (Wildman–Crippen MR) is 107 cm³/mol. The highest BCUT2D eigenvalue weighted by molar-refractivity contribution is 6.00. The van der Waals surface area contributed by atoms with Gasteiger partial charge in [-0.1, -0.05) is 6.92 Å². The van der Waals surface area contributed by atoms with Gasteiger partial charge in [0, 0.05) is 11.5 Å². The Balaban J connectivity index is 1.87. The number of carboxylic acids is 1. The Morgan fingerprint density at radius 2 is 1.63 bits per heavy atom. The van der Waals surface area contributed by atoms with Crippen molar-refractivity contribution < 1.29 is 38.4 Å². The van der Waals surface area contributed by atoms with E-state index in [2.05, 4.69) is 0 Å². The van der Waals surface area contributed by atoms with Crippen LogP contribution in [0.25, 0.3) is 0 Å². The van der Waals surface area contributed by atoms with Crippen molar-refractivity contribution in [3.8, 4) is 28.7 Å². The molecule has 1 heterocycles. The van der Waals surface area contributed by atoms with Crippen molar-refractivity contribution in [2.24, 2.45) is 11.8 Å². The third-order valence-corrected chi connectivity index (χ3v) is 5.17. The second-order valence-electron chi connectivity index (χ2n) is 6.90. The molecule has 0 radical (unpaired) electrons. The molecule has 1 aliphatic rings. The van der Waals surface area contributed by atoms with Crippen LogP contribution in [0.5, 0.6) is 28.7 Å². The highest BCUT2D eigenvalue weighted by Crippen LogP contribution is 2.39. The number of hydrogen-bond acceptors (Lipinski definition) is 7. The number of benzene rings is 2. The molecule has 0 saturated heterocycles. The zero-order valence-corrected chi connectivity index (χ0v) is 17.3. The standard InChI is InChI=1S/C22H24O8/c1-12(20(23)14-5-6-16-17(10-14)30-11-29-16)15(22(24)25)7-13-8-18(26-2)21(28-4)19(9-13)27-3/h5-6,8-10,12,15H,7,11H2,1-4H3,(H,24,25)/t12-,15-/m1/s1. The van der Waals surface area contributed by atoms with Gasteiger partial charge in [-0.15, -0.1) is 0 Å². The molecule has 30 heavy (non-hydrogen) atoms. The molecule has 2 aromatic carbocycles. The van der Waals surface area contributed by atoms with E-state index >= 15 is 0 Å². The van der Waals surface area contributed by atoms with Crippen LogP contribution >= 0.6 is 0 Å². The Morgan fingerprint density at radius 1 is 1.00 bits per heavy atom. The van der Waals surface area contributed by atoms with E-state index in [1.807, 2.05) is 0 Å². The summed E-state index contributed by atoms with van der Waals surface area (Å²) >= 11 is 0. The third-order valence-electron chi connectivity index (χ3n) is 5.17. The molecule has 1 aliphatic heterocycles. The first-order valence-electron chi connectivity index (χ1n) is 9.35. The summed E-state index contributed by atoms with van der Waals surface area (Å²) in [5, 5.41) is 9.83. The second-order valence-corrected chi connectivity index (χ2v) is 6.90. The lowest BCUT2D eigenvalue weighted by molar-refractivity contribution is -0.142. The Kier molecular flexibility index (Phi) is 6.34. The first-order valence-corrected chi connectivity index (χ1v) is 9.35. The number of methoxy groups -OCH3 is 3. The number of Topliss-reactive ketones (excluding diaryl/α,β-unsaturated/α-hetero) is 1. The number of aliphatic carboxylic acids is 1. The van der Waals surface area contributed by atoms with Crippen molar-refractivity contribution in [1.82, 2.24) is 0 Å². The van der Waals surface area contributed by atoms with E-state index in [0.29, 0.717) is 39.9 Å². The van der Waals surface area contributed by atoms with Gasteiger partial charge < -0.3 is 28.8 Å². The zero-order chi connectivity index (χ0) is 21.8. The molecule has 0 spiro atoms. The van der Waals surface area contributed by atoms with Crippen LogP contribution < -0.4 is 23.7 Å². The lowest BCUT2D eigenvalue weighted by Gasteiger charge is -2.21. The summed E-state index contributed by atoms with van der Waals surface area (Å²) in [6, 6.07) is 8.23. The molecule has 3 rings (SSSR count). The molecular formula is C22H24O8. The summed E-state index contributed by atoms with van der Waals surface area (Å²) < 4.78 is 26.6. The van der Waals surface area contributed by atoms with E-state index < -0.39 is 17.8 Å². The van der Waals surface area contributed by atoms with Crippen LogP contribution in [0.2, 0.25) is 0 Å². The minimum Gasteiger partial charge on any atom is -0.493 e. The molecule has 2 aromatic rings. The first-order chi connectivity index (χ1) is 14.4. The maximum Gasteiger partial charge on any atom is 0.307 e. The van der Waals surface area contributed by atoms with Crippen LogP contribution in [0.15, 0.2) is 30.3 Å². The van der Waals surface area contributed by atoms with E-state index in [0.717, 1.165) is 0 Å². The molecule has 0 saturated carbocycles. The third kappa shape index (κ3) is 4.12. The van der Waals surface area contributed by atoms with Gasteiger partial charge in [0.25, 0.3) is 0 Å². The van der Waals surface area contributed by atoms with Gasteiger partial charge in [-0.3, -0.25) is 9.59 Å². The molecule has 8 nitrogen and oxygen atoms in total. The van der Waals surface area contributed by atoms with E-state index in [1.54, 1.807) is 37.3 Å². The van der Waals surface area contributed by atoms with Gasteiger partial charge in [0.05, 0.1) is 27.2 Å². The topological polar surface area (TPSA) is 101 Å². The number of carbonyl (C=O) groups excluding carboxylic acids is 1. The van der Waals surface area contributed by atoms with Crippen molar-refractivity contribution in [2.45, 2.75) is 13.3 Å². The van der Waals surface area contributed by atoms with Crippen LogP contribution in [0.4, 0.5) is 0 Å². The van der Waals surface area contributed by atoms with Gasteiger partial charge in [-0.2, -0.15) is 0 Å². The number of ketones is 1. The van der Waals surface area contributed by atoms with Gasteiger partial charge in [-0.25, -0.2) is 0 Å². The van der Waals surface area contributed by atoms with Crippen LogP contribution in [0.1, 0.15) is 22.8 Å². The normalized spacial score (nSPS) is 14.0. The van der Waals surface area contributed by atoms with E-state index in [9.17, 15) is 14.7 Å². The fourth-order valence-corrected chi connectivity index (χ4v) is 3.48. The molecule has 2 atom stereocenters. The molecule has 0 unspecified atom stereocenters. The predicted octanol–water partition coefficient (Wildman–Crippen LogP) is 3.20. The van der Waals surface area contributed by atoms with Crippen molar-refractivity contribution >= 4 is 11.8 Å². The van der Waals surface area contributed by atoms with Gasteiger partial charge >= 0.3 is 5.97 Å². The summed E-state index contributed by atoms with van der Waals surface area (Å²) in [5.41, 5.74) is 1.03. The van der Waals surface area contributed by atoms with Gasteiger partial charge in [0.2, 0.25) is 12.5 Å². The largest absolute Gasteiger partial charge is 0.493 e. The van der Waals surface area contributed by atoms with Crippen LogP contribution in [0, 0.1) is 11.8 Å². The lowest BCUT2D eigenvalue weighted by Crippen LogP contribution is -2.29. The fourth-order valence-electron chi connectivity index (χ4n) is 3.48. The number of fused-ring (bicyclic) bond motifs is 1. The zero-order valence-electron chi connectivity index (χ0n) is 17.3. The summed E-state index contributed by atoms with van der Waals surface area (Å²) in [7, 11) is 4.47. The number of carboxylic acid groups (broad SMARTS) is 1. The Bertz CT molecular complexity index is 927. The summed E-state index contributed by atoms with van der Waals surface area (Å²) in [5.74, 6) is -0.779. The van der Waals surface area contributed by atoms with Crippen molar-refractivity contribution in [1.29, 1.82) is 0 Å². The number of rotatable bonds is 9. The van der Waals surface area contributed by atoms with Crippen LogP contribution in [-0.4, -0.2) is 45.0 Å². The second kappa shape index (κ2) is 8.94. The summed E-state index contributed by atoms with van der Waals surface area (Å²) in [6.45, 7) is 1.71. The van der Waals surface area contributed by atoms with E-state index in [1.165, 1.54) is 21.3 Å². The molecule has 0 bridgehead atoms. The quantitative estimate of drug-likeness (QED) is 0.622. The van der Waals surface area contributed by atoms with Gasteiger partial charge in [0.15, 0.2) is 28.8 Å². The molecule has 0 fully saturated rings. The molecule has 8 heteroatoms. The molecule has 160 valence electrons. The average molecular weight is 416 g/mol. The maximum atomic E-state index is 13.0. The lowest BCUT2D eigenvalue weighted by atomic mass is 9.83. The first kappa shape index (κ1) is 21.3. The Hall–Kier alpha value is -3.42. The van der Waals surface area contributed by atoms with Crippen molar-refractivity contribution in [3.63, 3.8) is 0 Å². The smallest absolute Gasteiger partial charge is 0.307 e. The number of carbonyl (C=O) groups is 2. The number of ether oxygens (including phenoxy) is 5. The Labute approximate surface area is 174 Å². The number of hydrogen-bond donors (Lipinski definition) is 1. The SMILES string of the molecule is COc1cc(C[C@@H](C(=O)O)[C@@H](C)C(=O)c2ccc3c(c2)OCO3)cc(OC)c1OC.